The van der Waals surface area contributed by atoms with E-state index in [-0.39, 0.29) is 11.6 Å². The average molecular weight is 300 g/mol. The maximum Gasteiger partial charge on any atom is 0.411 e. The van der Waals surface area contributed by atoms with Crippen LogP contribution in [-0.2, 0) is 4.74 Å². The van der Waals surface area contributed by atoms with Crippen LogP contribution in [0.4, 0.5) is 16.2 Å². The fourth-order valence-electron chi connectivity index (χ4n) is 1.63. The van der Waals surface area contributed by atoms with Crippen molar-refractivity contribution < 1.29 is 14.3 Å². The van der Waals surface area contributed by atoms with Crippen LogP contribution in [0.25, 0.3) is 0 Å². The maximum atomic E-state index is 12.0. The van der Waals surface area contributed by atoms with Crippen molar-refractivity contribution in [3.63, 3.8) is 0 Å². The summed E-state index contributed by atoms with van der Waals surface area (Å²) >= 11 is 0. The lowest BCUT2D eigenvalue weighted by molar-refractivity contribution is 0.102. The molecule has 1 aromatic heterocycles. The summed E-state index contributed by atoms with van der Waals surface area (Å²) in [6, 6.07) is 6.66. The van der Waals surface area contributed by atoms with Gasteiger partial charge in [0, 0.05) is 17.6 Å². The van der Waals surface area contributed by atoms with Gasteiger partial charge in [-0.3, -0.25) is 15.1 Å². The van der Waals surface area contributed by atoms with Crippen molar-refractivity contribution in [2.24, 2.45) is 0 Å². The molecule has 0 saturated heterocycles. The molecule has 2 aromatic rings. The van der Waals surface area contributed by atoms with Crippen LogP contribution < -0.4 is 10.6 Å². The van der Waals surface area contributed by atoms with Crippen LogP contribution in [0.3, 0.4) is 0 Å². The van der Waals surface area contributed by atoms with Gasteiger partial charge in [0.1, 0.15) is 5.69 Å². The van der Waals surface area contributed by atoms with Crippen molar-refractivity contribution in [1.82, 2.24) is 9.97 Å². The van der Waals surface area contributed by atoms with Crippen molar-refractivity contribution in [3.05, 3.63) is 48.0 Å². The molecule has 22 heavy (non-hydrogen) atoms. The molecular formula is C15H16N4O3. The van der Waals surface area contributed by atoms with Crippen LogP contribution in [0, 0.1) is 6.92 Å². The molecule has 0 aliphatic rings. The summed E-state index contributed by atoms with van der Waals surface area (Å²) in [5.41, 5.74) is 2.14. The molecule has 114 valence electrons. The number of benzene rings is 1. The normalized spacial score (nSPS) is 9.91. The monoisotopic (exact) mass is 300 g/mol. The van der Waals surface area contributed by atoms with Crippen molar-refractivity contribution in [2.45, 2.75) is 13.8 Å². The number of hydrogen-bond acceptors (Lipinski definition) is 5. The van der Waals surface area contributed by atoms with E-state index in [1.54, 1.807) is 38.1 Å². The molecule has 1 heterocycles. The molecule has 0 spiro atoms. The summed E-state index contributed by atoms with van der Waals surface area (Å²) in [7, 11) is 0. The average Bonchev–Trinajstić information content (AvgIpc) is 2.50. The van der Waals surface area contributed by atoms with Crippen LogP contribution in [0.15, 0.2) is 36.7 Å². The number of ether oxygens (including phenoxy) is 1. The SMILES string of the molecule is CCOC(=O)Nc1ccc(NC(=O)c2cnc(C)cn2)cc1. The Balaban J connectivity index is 1.97. The number of nitrogens with one attached hydrogen (secondary N) is 2. The lowest BCUT2D eigenvalue weighted by Crippen LogP contribution is -2.15. The first-order valence-electron chi connectivity index (χ1n) is 6.72. The van der Waals surface area contributed by atoms with Gasteiger partial charge in [-0.25, -0.2) is 9.78 Å². The van der Waals surface area contributed by atoms with E-state index in [4.69, 9.17) is 4.74 Å². The first kappa shape index (κ1) is 15.4. The summed E-state index contributed by atoms with van der Waals surface area (Å²) in [6.45, 7) is 3.83. The molecule has 0 fully saturated rings. The number of anilines is 2. The van der Waals surface area contributed by atoms with Gasteiger partial charge in [0.25, 0.3) is 5.91 Å². The fourth-order valence-corrected chi connectivity index (χ4v) is 1.63. The number of hydrogen-bond donors (Lipinski definition) is 2. The second kappa shape index (κ2) is 7.16. The molecule has 1 aromatic carbocycles. The summed E-state index contributed by atoms with van der Waals surface area (Å²) in [4.78, 5) is 31.3. The Hall–Kier alpha value is -2.96. The van der Waals surface area contributed by atoms with Gasteiger partial charge in [-0.05, 0) is 38.1 Å². The minimum absolute atomic E-state index is 0.235. The Bertz CT molecular complexity index is 653. The second-order valence-corrected chi connectivity index (χ2v) is 4.42. The van der Waals surface area contributed by atoms with Crippen molar-refractivity contribution >= 4 is 23.4 Å². The zero-order valence-electron chi connectivity index (χ0n) is 12.3. The molecule has 0 radical (unpaired) electrons. The zero-order valence-corrected chi connectivity index (χ0v) is 12.3. The van der Waals surface area contributed by atoms with E-state index in [0.717, 1.165) is 5.69 Å². The zero-order chi connectivity index (χ0) is 15.9. The van der Waals surface area contributed by atoms with Crippen molar-refractivity contribution in [3.8, 4) is 0 Å². The highest BCUT2D eigenvalue weighted by atomic mass is 16.5. The van der Waals surface area contributed by atoms with E-state index in [9.17, 15) is 9.59 Å². The Kier molecular flexibility index (Phi) is 5.02. The van der Waals surface area contributed by atoms with Crippen molar-refractivity contribution in [2.75, 3.05) is 17.2 Å². The number of nitrogens with zero attached hydrogens (tertiary/aromatic N) is 2. The van der Waals surface area contributed by atoms with Gasteiger partial charge in [0.05, 0.1) is 18.5 Å². The number of aromatic nitrogens is 2. The molecule has 7 nitrogen and oxygen atoms in total. The highest BCUT2D eigenvalue weighted by molar-refractivity contribution is 6.02. The second-order valence-electron chi connectivity index (χ2n) is 4.42. The number of rotatable bonds is 4. The van der Waals surface area contributed by atoms with Gasteiger partial charge in [-0.1, -0.05) is 0 Å². The summed E-state index contributed by atoms with van der Waals surface area (Å²) in [5.74, 6) is -0.349. The van der Waals surface area contributed by atoms with Gasteiger partial charge in [-0.15, -0.1) is 0 Å². The molecule has 0 atom stereocenters. The lowest BCUT2D eigenvalue weighted by Gasteiger charge is -2.07. The molecule has 0 saturated carbocycles. The number of amides is 2. The van der Waals surface area contributed by atoms with Gasteiger partial charge in [0.2, 0.25) is 0 Å². The largest absolute Gasteiger partial charge is 0.450 e. The van der Waals surface area contributed by atoms with E-state index < -0.39 is 6.09 Å². The summed E-state index contributed by atoms with van der Waals surface area (Å²) < 4.78 is 4.77. The van der Waals surface area contributed by atoms with E-state index in [2.05, 4.69) is 20.6 Å². The molecule has 0 aliphatic carbocycles. The van der Waals surface area contributed by atoms with E-state index in [1.807, 2.05) is 0 Å². The highest BCUT2D eigenvalue weighted by Gasteiger charge is 2.08. The Labute approximate surface area is 127 Å². The van der Waals surface area contributed by atoms with Crippen LogP contribution in [0.1, 0.15) is 23.1 Å². The predicted molar refractivity (Wildman–Crippen MR) is 81.8 cm³/mol. The molecule has 0 aliphatic heterocycles. The van der Waals surface area contributed by atoms with E-state index in [0.29, 0.717) is 18.0 Å². The number of aryl methyl sites for hydroxylation is 1. The van der Waals surface area contributed by atoms with Crippen LogP contribution >= 0.6 is 0 Å². The molecule has 2 amide bonds. The molecule has 2 rings (SSSR count). The Morgan fingerprint density at radius 1 is 1.05 bits per heavy atom. The van der Waals surface area contributed by atoms with E-state index in [1.165, 1.54) is 12.4 Å². The van der Waals surface area contributed by atoms with Gasteiger partial charge < -0.3 is 10.1 Å². The third-order valence-electron chi connectivity index (χ3n) is 2.68. The van der Waals surface area contributed by atoms with Crippen LogP contribution in [-0.4, -0.2) is 28.6 Å². The highest BCUT2D eigenvalue weighted by Crippen LogP contribution is 2.14. The van der Waals surface area contributed by atoms with Gasteiger partial charge in [0.15, 0.2) is 0 Å². The quantitative estimate of drug-likeness (QED) is 0.905. The minimum Gasteiger partial charge on any atom is -0.450 e. The summed E-state index contributed by atoms with van der Waals surface area (Å²) in [6.07, 6.45) is 2.43. The minimum atomic E-state index is -0.519. The van der Waals surface area contributed by atoms with Crippen molar-refractivity contribution in [1.29, 1.82) is 0 Å². The fraction of sp³-hybridized carbons (Fsp3) is 0.200. The van der Waals surface area contributed by atoms with E-state index >= 15 is 0 Å². The van der Waals surface area contributed by atoms with Crippen LogP contribution in [0.2, 0.25) is 0 Å². The number of carbonyl (C=O) groups excluding carboxylic acids is 2. The number of carbonyl (C=O) groups is 2. The molecule has 0 unspecified atom stereocenters. The first-order chi connectivity index (χ1) is 10.6. The topological polar surface area (TPSA) is 93.2 Å². The maximum absolute atomic E-state index is 12.0. The Morgan fingerprint density at radius 2 is 1.68 bits per heavy atom. The third kappa shape index (κ3) is 4.27. The van der Waals surface area contributed by atoms with Gasteiger partial charge in [-0.2, -0.15) is 0 Å². The molecule has 0 bridgehead atoms. The lowest BCUT2D eigenvalue weighted by atomic mass is 10.2. The summed E-state index contributed by atoms with van der Waals surface area (Å²) in [5, 5.41) is 5.26. The molecule has 2 N–H and O–H groups in total. The standard InChI is InChI=1S/C15H16N4O3/c1-3-22-15(21)19-12-6-4-11(5-7-12)18-14(20)13-9-16-10(2)8-17-13/h4-9H,3H2,1-2H3,(H,18,20)(H,19,21). The third-order valence-corrected chi connectivity index (χ3v) is 2.68. The van der Waals surface area contributed by atoms with Crippen LogP contribution in [0.5, 0.6) is 0 Å². The first-order valence-corrected chi connectivity index (χ1v) is 6.72. The predicted octanol–water partition coefficient (Wildman–Crippen LogP) is 2.61. The smallest absolute Gasteiger partial charge is 0.411 e. The molecular weight excluding hydrogens is 284 g/mol. The molecule has 7 heteroatoms. The Morgan fingerprint density at radius 3 is 2.23 bits per heavy atom. The van der Waals surface area contributed by atoms with Gasteiger partial charge >= 0.3 is 6.09 Å².